The number of aliphatic hydroxyl groups excluding tert-OH is 2. The van der Waals surface area contributed by atoms with Gasteiger partial charge in [-0.1, -0.05) is 25.1 Å². The van der Waals surface area contributed by atoms with Crippen LogP contribution in [0.15, 0.2) is 24.3 Å². The average molecular weight is 328 g/mol. The number of fused-ring (bicyclic) bond motifs is 5. The molecule has 2 bridgehead atoms. The molecule has 2 aromatic rings. The minimum atomic E-state index is -0.628. The maximum atomic E-state index is 10.7. The summed E-state index contributed by atoms with van der Waals surface area (Å²) in [4.78, 5) is 2.36. The monoisotopic (exact) mass is 328 g/mol. The number of hydrogen-bond donors (Lipinski definition) is 2. The number of aryl methyl sites for hydroxylation is 1. The molecule has 4 nitrogen and oxygen atoms in total. The molecule has 4 atom stereocenters. The third-order valence-electron chi connectivity index (χ3n) is 6.56. The first kappa shape index (κ1) is 16.1. The van der Waals surface area contributed by atoms with E-state index in [2.05, 4.69) is 47.7 Å². The molecule has 130 valence electrons. The van der Waals surface area contributed by atoms with Crippen molar-refractivity contribution < 1.29 is 10.2 Å². The van der Waals surface area contributed by atoms with E-state index in [1.54, 1.807) is 0 Å². The third-order valence-corrected chi connectivity index (χ3v) is 6.56. The van der Waals surface area contributed by atoms with E-state index >= 15 is 0 Å². The molecule has 0 aliphatic carbocycles. The summed E-state index contributed by atoms with van der Waals surface area (Å²) in [6, 6.07) is 8.65. The predicted molar refractivity (Wildman–Crippen MR) is 96.1 cm³/mol. The molecule has 4 rings (SSSR count). The van der Waals surface area contributed by atoms with Gasteiger partial charge in [0.25, 0.3) is 0 Å². The Kier molecular flexibility index (Phi) is 3.94. The Hall–Kier alpha value is -1.36. The zero-order chi connectivity index (χ0) is 16.9. The van der Waals surface area contributed by atoms with Crippen LogP contribution in [0.4, 0.5) is 0 Å². The van der Waals surface area contributed by atoms with Crippen LogP contribution in [0.2, 0.25) is 0 Å². The van der Waals surface area contributed by atoms with Gasteiger partial charge in [0, 0.05) is 48.7 Å². The Morgan fingerprint density at radius 1 is 1.21 bits per heavy atom. The lowest BCUT2D eigenvalue weighted by Gasteiger charge is -2.48. The first-order chi connectivity index (χ1) is 11.6. The molecule has 1 aromatic carbocycles. The Morgan fingerprint density at radius 3 is 2.79 bits per heavy atom. The van der Waals surface area contributed by atoms with E-state index in [1.807, 2.05) is 0 Å². The second kappa shape index (κ2) is 5.87. The summed E-state index contributed by atoms with van der Waals surface area (Å²) in [5, 5.41) is 22.5. The van der Waals surface area contributed by atoms with Gasteiger partial charge in [-0.15, -0.1) is 0 Å². The van der Waals surface area contributed by atoms with Crippen LogP contribution in [0.25, 0.3) is 10.9 Å². The van der Waals surface area contributed by atoms with E-state index in [-0.39, 0.29) is 5.41 Å². The summed E-state index contributed by atoms with van der Waals surface area (Å²) in [6.07, 6.45) is 2.56. The number of hydrogen-bond acceptors (Lipinski definition) is 3. The van der Waals surface area contributed by atoms with Crippen molar-refractivity contribution >= 4 is 10.9 Å². The van der Waals surface area contributed by atoms with Gasteiger partial charge < -0.3 is 14.8 Å². The van der Waals surface area contributed by atoms with Crippen LogP contribution in [0.5, 0.6) is 0 Å². The van der Waals surface area contributed by atoms with Gasteiger partial charge in [-0.3, -0.25) is 4.90 Å². The number of aliphatic hydroxyl groups is 2. The topological polar surface area (TPSA) is 48.6 Å². The van der Waals surface area contributed by atoms with Gasteiger partial charge in [-0.2, -0.15) is 0 Å². The molecule has 4 heteroatoms. The van der Waals surface area contributed by atoms with Gasteiger partial charge in [0.1, 0.15) is 0 Å². The molecule has 2 aliphatic heterocycles. The number of benzene rings is 1. The highest BCUT2D eigenvalue weighted by Crippen LogP contribution is 2.40. The molecule has 3 heterocycles. The smallest absolute Gasteiger partial charge is 0.0931 e. The molecule has 1 saturated heterocycles. The van der Waals surface area contributed by atoms with Gasteiger partial charge >= 0.3 is 0 Å². The maximum Gasteiger partial charge on any atom is 0.0931 e. The van der Waals surface area contributed by atoms with Crippen molar-refractivity contribution in [2.24, 2.45) is 12.5 Å². The number of piperidine rings is 1. The first-order valence-corrected chi connectivity index (χ1v) is 9.19. The summed E-state index contributed by atoms with van der Waals surface area (Å²) >= 11 is 0. The fourth-order valence-corrected chi connectivity index (χ4v) is 5.03. The molecular weight excluding hydrogens is 300 g/mol. The van der Waals surface area contributed by atoms with Gasteiger partial charge in [0.15, 0.2) is 0 Å². The largest absolute Gasteiger partial charge is 0.390 e. The highest BCUT2D eigenvalue weighted by molar-refractivity contribution is 5.85. The van der Waals surface area contributed by atoms with E-state index in [9.17, 15) is 10.2 Å². The van der Waals surface area contributed by atoms with Crippen LogP contribution in [-0.2, 0) is 19.9 Å². The molecule has 0 amide bonds. The highest BCUT2D eigenvalue weighted by Gasteiger charge is 2.46. The SMILES string of the molecule is CC[C@]12CCc3c(c4ccccc4n3C)CCN(C[C@H](O)[C@H]1O)C2. The fourth-order valence-electron chi connectivity index (χ4n) is 5.03. The molecule has 1 unspecified atom stereocenters. The quantitative estimate of drug-likeness (QED) is 0.843. The molecule has 24 heavy (non-hydrogen) atoms. The normalized spacial score (nSPS) is 33.6. The van der Waals surface area contributed by atoms with Crippen LogP contribution in [-0.4, -0.2) is 51.5 Å². The Balaban J connectivity index is 1.80. The van der Waals surface area contributed by atoms with Crippen molar-refractivity contribution in [3.05, 3.63) is 35.5 Å². The predicted octanol–water partition coefficient (Wildman–Crippen LogP) is 2.10. The summed E-state index contributed by atoms with van der Waals surface area (Å²) in [5.74, 6) is 0. The van der Waals surface area contributed by atoms with Crippen LogP contribution in [0, 0.1) is 5.41 Å². The second-order valence-corrected chi connectivity index (χ2v) is 7.71. The van der Waals surface area contributed by atoms with Crippen LogP contribution >= 0.6 is 0 Å². The molecule has 2 aliphatic rings. The summed E-state index contributed by atoms with van der Waals surface area (Å²) in [6.45, 7) is 4.59. The van der Waals surface area contributed by atoms with E-state index < -0.39 is 12.2 Å². The highest BCUT2D eigenvalue weighted by atomic mass is 16.3. The average Bonchev–Trinajstić information content (AvgIpc) is 2.89. The zero-order valence-electron chi connectivity index (χ0n) is 14.7. The minimum absolute atomic E-state index is 0.199. The van der Waals surface area contributed by atoms with E-state index in [0.717, 1.165) is 38.8 Å². The lowest BCUT2D eigenvalue weighted by atomic mass is 9.71. The third kappa shape index (κ3) is 2.32. The number of aromatic nitrogens is 1. The molecule has 0 radical (unpaired) electrons. The first-order valence-electron chi connectivity index (χ1n) is 9.19. The molecule has 1 aromatic heterocycles. The summed E-state index contributed by atoms with van der Waals surface area (Å²) in [7, 11) is 2.16. The van der Waals surface area contributed by atoms with Gasteiger partial charge in [-0.25, -0.2) is 0 Å². The van der Waals surface area contributed by atoms with E-state index in [4.69, 9.17) is 0 Å². The summed E-state index contributed by atoms with van der Waals surface area (Å²) in [5.41, 5.74) is 3.96. The second-order valence-electron chi connectivity index (χ2n) is 7.71. The molecular formula is C20H28N2O2. The van der Waals surface area contributed by atoms with Crippen LogP contribution in [0.1, 0.15) is 31.0 Å². The van der Waals surface area contributed by atoms with Gasteiger partial charge in [-0.05, 0) is 37.3 Å². The van der Waals surface area contributed by atoms with Crippen LogP contribution < -0.4 is 0 Å². The van der Waals surface area contributed by atoms with Gasteiger partial charge in [0.05, 0.1) is 12.2 Å². The standard InChI is InChI=1S/C20H28N2O2/c1-3-20-10-8-17-15(14-6-4-5-7-16(14)21(17)2)9-11-22(13-20)12-18(23)19(20)24/h4-7,18-19,23-24H,3,8-13H2,1-2H3/t18-,19+,20+/m0/s1. The number of nitrogens with zero attached hydrogens (tertiary/aromatic N) is 2. The van der Waals surface area contributed by atoms with E-state index in [0.29, 0.717) is 6.54 Å². The lowest BCUT2D eigenvalue weighted by Crippen LogP contribution is -2.59. The van der Waals surface area contributed by atoms with E-state index in [1.165, 1.54) is 22.2 Å². The van der Waals surface area contributed by atoms with Crippen molar-refractivity contribution in [2.75, 3.05) is 19.6 Å². The number of rotatable bonds is 1. The Labute approximate surface area is 143 Å². The summed E-state index contributed by atoms with van der Waals surface area (Å²) < 4.78 is 2.33. The molecule has 0 saturated carbocycles. The lowest BCUT2D eigenvalue weighted by molar-refractivity contribution is -0.127. The molecule has 2 N–H and O–H groups in total. The molecule has 0 spiro atoms. The zero-order valence-corrected chi connectivity index (χ0v) is 14.7. The van der Waals surface area contributed by atoms with Crippen LogP contribution in [0.3, 0.4) is 0 Å². The minimum Gasteiger partial charge on any atom is -0.390 e. The van der Waals surface area contributed by atoms with Crippen molar-refractivity contribution in [1.29, 1.82) is 0 Å². The van der Waals surface area contributed by atoms with Crippen molar-refractivity contribution in [3.8, 4) is 0 Å². The fraction of sp³-hybridized carbons (Fsp3) is 0.600. The number of para-hydroxylation sites is 1. The maximum absolute atomic E-state index is 10.7. The Bertz CT molecular complexity index is 753. The molecule has 1 fully saturated rings. The Morgan fingerprint density at radius 2 is 2.00 bits per heavy atom. The van der Waals surface area contributed by atoms with Gasteiger partial charge in [0.2, 0.25) is 0 Å². The van der Waals surface area contributed by atoms with Crippen molar-refractivity contribution in [1.82, 2.24) is 9.47 Å². The van der Waals surface area contributed by atoms with Crippen molar-refractivity contribution in [3.63, 3.8) is 0 Å². The van der Waals surface area contributed by atoms with Crippen molar-refractivity contribution in [2.45, 2.75) is 44.8 Å².